The van der Waals surface area contributed by atoms with Crippen molar-refractivity contribution in [1.82, 2.24) is 0 Å². The van der Waals surface area contributed by atoms with Gasteiger partial charge in [0.2, 0.25) is 6.29 Å². The number of hydrogen-bond donors (Lipinski definition) is 5. The van der Waals surface area contributed by atoms with E-state index < -0.39 is 60.5 Å². The number of aliphatic hydroxyl groups is 5. The minimum Gasteiger partial charge on any atom is -0.459 e. The van der Waals surface area contributed by atoms with E-state index in [2.05, 4.69) is 0 Å². The highest BCUT2D eigenvalue weighted by molar-refractivity contribution is 5.89. The zero-order valence-corrected chi connectivity index (χ0v) is 21.4. The molecule has 0 aromatic rings. The molecule has 0 bridgehead atoms. The molecule has 0 aromatic carbocycles. The van der Waals surface area contributed by atoms with Gasteiger partial charge in [-0.25, -0.2) is 9.59 Å². The third-order valence-electron chi connectivity index (χ3n) is 7.61. The summed E-state index contributed by atoms with van der Waals surface area (Å²) in [5.74, 6) is -1.28. The van der Waals surface area contributed by atoms with Crippen LogP contribution < -0.4 is 0 Å². The second kappa shape index (κ2) is 11.3. The van der Waals surface area contributed by atoms with Gasteiger partial charge in [0.15, 0.2) is 0 Å². The van der Waals surface area contributed by atoms with Gasteiger partial charge in [0.1, 0.15) is 31.0 Å². The maximum absolute atomic E-state index is 12.6. The van der Waals surface area contributed by atoms with Crippen molar-refractivity contribution < 1.29 is 49.3 Å². The second-order valence-electron chi connectivity index (χ2n) is 11.2. The lowest BCUT2D eigenvalue weighted by molar-refractivity contribution is -0.292. The molecular weight excluding hydrogens is 472 g/mol. The summed E-state index contributed by atoms with van der Waals surface area (Å²) in [5, 5.41) is 51.2. The molecule has 3 aliphatic rings. The van der Waals surface area contributed by atoms with E-state index in [0.717, 1.165) is 0 Å². The molecule has 7 atom stereocenters. The van der Waals surface area contributed by atoms with Crippen LogP contribution in [0.2, 0.25) is 0 Å². The molecule has 0 radical (unpaired) electrons. The van der Waals surface area contributed by atoms with Gasteiger partial charge < -0.3 is 39.7 Å². The maximum Gasteiger partial charge on any atom is 0.336 e. The van der Waals surface area contributed by atoms with Gasteiger partial charge in [-0.15, -0.1) is 0 Å². The number of carbonyl (C=O) groups excluding carboxylic acids is 2. The highest BCUT2D eigenvalue weighted by Crippen LogP contribution is 2.34. The zero-order valence-electron chi connectivity index (χ0n) is 21.4. The molecule has 0 unspecified atom stereocenters. The summed E-state index contributed by atoms with van der Waals surface area (Å²) in [6, 6.07) is 0. The number of rotatable bonds is 7. The first-order valence-electron chi connectivity index (χ1n) is 12.6. The molecule has 10 nitrogen and oxygen atoms in total. The highest BCUT2D eigenvalue weighted by atomic mass is 16.7. The Labute approximate surface area is 211 Å². The molecule has 0 saturated carbocycles. The first-order valence-corrected chi connectivity index (χ1v) is 12.6. The first kappa shape index (κ1) is 28.7. The average Bonchev–Trinajstić information content (AvgIpc) is 2.82. The SMILES string of the molecule is CC(C)(O)[C@@H]1CC=C(C(=O)OC[C@@H]2O[C@H](OC(=O)C3=CC[C@@H](C(C)(C)O)CC3)[C@@H](O)[C@H](O)[C@H]2O)CC1. The molecule has 204 valence electrons. The molecule has 3 rings (SSSR count). The predicted octanol–water partition coefficient (Wildman–Crippen LogP) is 0.875. The van der Waals surface area contributed by atoms with Crippen molar-refractivity contribution in [2.45, 2.75) is 108 Å². The molecule has 1 aliphatic heterocycles. The summed E-state index contributed by atoms with van der Waals surface area (Å²) < 4.78 is 16.1. The summed E-state index contributed by atoms with van der Waals surface area (Å²) in [7, 11) is 0. The zero-order chi connectivity index (χ0) is 26.8. The van der Waals surface area contributed by atoms with Crippen LogP contribution in [0.4, 0.5) is 0 Å². The number of aliphatic hydroxyl groups excluding tert-OH is 3. The van der Waals surface area contributed by atoms with Crippen LogP contribution in [0.5, 0.6) is 0 Å². The van der Waals surface area contributed by atoms with E-state index >= 15 is 0 Å². The fraction of sp³-hybridized carbons (Fsp3) is 0.769. The van der Waals surface area contributed by atoms with Crippen LogP contribution in [-0.4, -0.2) is 86.0 Å². The second-order valence-corrected chi connectivity index (χ2v) is 11.2. The molecule has 1 fully saturated rings. The normalized spacial score (nSPS) is 33.9. The Morgan fingerprint density at radius 2 is 1.36 bits per heavy atom. The summed E-state index contributed by atoms with van der Waals surface area (Å²) in [5.41, 5.74) is -0.883. The van der Waals surface area contributed by atoms with Gasteiger partial charge in [-0.1, -0.05) is 12.2 Å². The number of carbonyl (C=O) groups is 2. The minimum absolute atomic E-state index is 0.00176. The summed E-state index contributed by atoms with van der Waals surface area (Å²) in [4.78, 5) is 25.1. The van der Waals surface area contributed by atoms with Gasteiger partial charge >= 0.3 is 11.9 Å². The largest absolute Gasteiger partial charge is 0.459 e. The van der Waals surface area contributed by atoms with Gasteiger partial charge in [0.05, 0.1) is 11.2 Å². The Balaban J connectivity index is 1.56. The van der Waals surface area contributed by atoms with Gasteiger partial charge in [-0.3, -0.25) is 0 Å². The van der Waals surface area contributed by atoms with E-state index in [1.165, 1.54) is 0 Å². The lowest BCUT2D eigenvalue weighted by atomic mass is 9.79. The summed E-state index contributed by atoms with van der Waals surface area (Å²) in [6.45, 7) is 6.49. The fourth-order valence-corrected chi connectivity index (χ4v) is 4.91. The molecule has 1 saturated heterocycles. The van der Waals surface area contributed by atoms with Crippen molar-refractivity contribution in [1.29, 1.82) is 0 Å². The lowest BCUT2D eigenvalue weighted by Gasteiger charge is -2.39. The molecule has 5 N–H and O–H groups in total. The van der Waals surface area contributed by atoms with Crippen LogP contribution in [0.1, 0.15) is 66.2 Å². The van der Waals surface area contributed by atoms with Crippen LogP contribution in [0.15, 0.2) is 23.3 Å². The van der Waals surface area contributed by atoms with Crippen LogP contribution in [0.25, 0.3) is 0 Å². The Morgan fingerprint density at radius 1 is 0.861 bits per heavy atom. The van der Waals surface area contributed by atoms with Crippen molar-refractivity contribution >= 4 is 11.9 Å². The number of allylic oxidation sites excluding steroid dienone is 2. The quantitative estimate of drug-likeness (QED) is 0.309. The van der Waals surface area contributed by atoms with E-state index in [9.17, 15) is 35.1 Å². The van der Waals surface area contributed by atoms with Gasteiger partial charge in [-0.05, 0) is 78.1 Å². The Morgan fingerprint density at radius 3 is 1.81 bits per heavy atom. The fourth-order valence-electron chi connectivity index (χ4n) is 4.91. The van der Waals surface area contributed by atoms with Crippen molar-refractivity contribution in [3.63, 3.8) is 0 Å². The number of ether oxygens (including phenoxy) is 3. The monoisotopic (exact) mass is 512 g/mol. The molecule has 10 heteroatoms. The molecule has 1 heterocycles. The van der Waals surface area contributed by atoms with E-state index in [4.69, 9.17) is 14.2 Å². The lowest BCUT2D eigenvalue weighted by Crippen LogP contribution is -2.59. The van der Waals surface area contributed by atoms with Crippen LogP contribution in [0, 0.1) is 11.8 Å². The Hall–Kier alpha value is -1.82. The topological polar surface area (TPSA) is 163 Å². The maximum atomic E-state index is 12.6. The minimum atomic E-state index is -1.69. The van der Waals surface area contributed by atoms with Crippen molar-refractivity contribution in [3.8, 4) is 0 Å². The molecule has 36 heavy (non-hydrogen) atoms. The smallest absolute Gasteiger partial charge is 0.336 e. The Bertz CT molecular complexity index is 863. The van der Waals surface area contributed by atoms with Crippen molar-refractivity contribution in [3.05, 3.63) is 23.3 Å². The summed E-state index contributed by atoms with van der Waals surface area (Å²) in [6.07, 6.45) is -1.24. The van der Waals surface area contributed by atoms with Crippen LogP contribution in [-0.2, 0) is 23.8 Å². The predicted molar refractivity (Wildman–Crippen MR) is 127 cm³/mol. The molecular formula is C26H40O10. The van der Waals surface area contributed by atoms with Gasteiger partial charge in [-0.2, -0.15) is 0 Å². The number of hydrogen-bond acceptors (Lipinski definition) is 10. The standard InChI is InChI=1S/C26H40O10/c1-25(2,32)16-9-5-14(6-10-16)22(30)34-13-18-19(27)20(28)21(29)24(35-18)36-23(31)15-7-11-17(12-8-15)26(3,4)33/h5,7,16-21,24,27-29,32-33H,6,8-13H2,1-4H3/t16-,17-,18+,19+,20-,21+,24-/m1/s1. The van der Waals surface area contributed by atoms with E-state index in [1.807, 2.05) is 0 Å². The molecule has 0 aromatic heterocycles. The van der Waals surface area contributed by atoms with Crippen LogP contribution in [0.3, 0.4) is 0 Å². The van der Waals surface area contributed by atoms with E-state index in [1.54, 1.807) is 39.8 Å². The van der Waals surface area contributed by atoms with Crippen LogP contribution >= 0.6 is 0 Å². The molecule has 0 spiro atoms. The van der Waals surface area contributed by atoms with Gasteiger partial charge in [0.25, 0.3) is 0 Å². The van der Waals surface area contributed by atoms with Crippen molar-refractivity contribution in [2.24, 2.45) is 11.8 Å². The average molecular weight is 513 g/mol. The highest BCUT2D eigenvalue weighted by Gasteiger charge is 2.46. The summed E-state index contributed by atoms with van der Waals surface area (Å²) >= 11 is 0. The van der Waals surface area contributed by atoms with E-state index in [-0.39, 0.29) is 11.8 Å². The Kier molecular flexibility index (Phi) is 9.01. The van der Waals surface area contributed by atoms with Crippen molar-refractivity contribution in [2.75, 3.05) is 6.61 Å². The molecule has 0 amide bonds. The van der Waals surface area contributed by atoms with Gasteiger partial charge in [0, 0.05) is 11.1 Å². The molecule has 2 aliphatic carbocycles. The third kappa shape index (κ3) is 6.93. The van der Waals surface area contributed by atoms with E-state index in [0.29, 0.717) is 49.7 Å². The third-order valence-corrected chi connectivity index (χ3v) is 7.61. The number of esters is 2. The first-order chi connectivity index (χ1) is 16.7.